The second-order valence-corrected chi connectivity index (χ2v) is 6.30. The number of amides is 1. The molecule has 5 N–H and O–H groups in total. The maximum atomic E-state index is 12.0. The van der Waals surface area contributed by atoms with Crippen molar-refractivity contribution in [3.05, 3.63) is 34.9 Å². The molecule has 0 spiro atoms. The molecule has 0 aliphatic carbocycles. The zero-order valence-corrected chi connectivity index (χ0v) is 12.7. The van der Waals surface area contributed by atoms with Crippen LogP contribution in [-0.4, -0.2) is 33.2 Å². The van der Waals surface area contributed by atoms with Crippen molar-refractivity contribution in [2.45, 2.75) is 13.3 Å². The van der Waals surface area contributed by atoms with Crippen LogP contribution in [0.15, 0.2) is 18.2 Å². The Morgan fingerprint density at radius 2 is 2.05 bits per heavy atom. The molecular weight excluding hydrogens is 290 g/mol. The van der Waals surface area contributed by atoms with Gasteiger partial charge in [-0.2, -0.15) is 0 Å². The Morgan fingerprint density at radius 3 is 2.67 bits per heavy atom. The van der Waals surface area contributed by atoms with Crippen LogP contribution in [0, 0.1) is 18.8 Å². The lowest BCUT2D eigenvalue weighted by Crippen LogP contribution is -2.27. The summed E-state index contributed by atoms with van der Waals surface area (Å²) in [5, 5.41) is 7.53. The monoisotopic (exact) mass is 309 g/mol. The Morgan fingerprint density at radius 1 is 1.33 bits per heavy atom. The second-order valence-electron chi connectivity index (χ2n) is 4.57. The summed E-state index contributed by atoms with van der Waals surface area (Å²) in [5.74, 6) is 5.18. The highest BCUT2D eigenvalue weighted by molar-refractivity contribution is 7.89. The fraction of sp³-hybridized carbons (Fsp3) is 0.357. The molecular formula is C14H19N3O3S. The van der Waals surface area contributed by atoms with Crippen LogP contribution in [0.25, 0.3) is 0 Å². The molecule has 6 nitrogen and oxygen atoms in total. The molecule has 0 saturated carbocycles. The van der Waals surface area contributed by atoms with E-state index in [9.17, 15) is 13.2 Å². The van der Waals surface area contributed by atoms with E-state index in [1.807, 2.05) is 13.0 Å². The molecule has 0 atom stereocenters. The highest BCUT2D eigenvalue weighted by Crippen LogP contribution is 2.09. The first kappa shape index (κ1) is 17.2. The standard InChI is InChI=1S/C14H19N3O3S/c1-11-8-12(4-2-5-15)10-13(9-11)14(18)17-6-3-7-21(16,19)20/h8-10H,3,5-7,15H2,1H3,(H,17,18)(H2,16,19,20). The highest BCUT2D eigenvalue weighted by Gasteiger charge is 2.08. The van der Waals surface area contributed by atoms with Gasteiger partial charge in [0.2, 0.25) is 10.0 Å². The van der Waals surface area contributed by atoms with Gasteiger partial charge in [-0.25, -0.2) is 13.6 Å². The number of nitrogens with one attached hydrogen (secondary N) is 1. The number of hydrogen-bond donors (Lipinski definition) is 3. The molecule has 0 aromatic heterocycles. The minimum absolute atomic E-state index is 0.158. The van der Waals surface area contributed by atoms with Crippen LogP contribution < -0.4 is 16.2 Å². The van der Waals surface area contributed by atoms with Crippen LogP contribution in [0.2, 0.25) is 0 Å². The van der Waals surface area contributed by atoms with Gasteiger partial charge in [-0.3, -0.25) is 4.79 Å². The minimum atomic E-state index is -3.49. The van der Waals surface area contributed by atoms with E-state index in [1.54, 1.807) is 12.1 Å². The molecule has 0 bridgehead atoms. The Balaban J connectivity index is 2.67. The molecule has 0 heterocycles. The van der Waals surface area contributed by atoms with Crippen LogP contribution >= 0.6 is 0 Å². The molecule has 1 amide bonds. The zero-order valence-electron chi connectivity index (χ0n) is 11.8. The van der Waals surface area contributed by atoms with Crippen molar-refractivity contribution in [2.75, 3.05) is 18.8 Å². The van der Waals surface area contributed by atoms with Gasteiger partial charge >= 0.3 is 0 Å². The summed E-state index contributed by atoms with van der Waals surface area (Å²) >= 11 is 0. The van der Waals surface area contributed by atoms with Crippen molar-refractivity contribution in [3.63, 3.8) is 0 Å². The lowest BCUT2D eigenvalue weighted by molar-refractivity contribution is 0.0953. The van der Waals surface area contributed by atoms with Crippen LogP contribution in [0.5, 0.6) is 0 Å². The fourth-order valence-electron chi connectivity index (χ4n) is 1.72. The number of rotatable bonds is 5. The summed E-state index contributed by atoms with van der Waals surface area (Å²) in [7, 11) is -3.49. The summed E-state index contributed by atoms with van der Waals surface area (Å²) in [4.78, 5) is 12.0. The second kappa shape index (κ2) is 7.78. The number of hydrogen-bond acceptors (Lipinski definition) is 4. The molecule has 7 heteroatoms. The van der Waals surface area contributed by atoms with Gasteiger partial charge in [0.25, 0.3) is 5.91 Å². The van der Waals surface area contributed by atoms with Crippen LogP contribution in [0.4, 0.5) is 0 Å². The summed E-state index contributed by atoms with van der Waals surface area (Å²) in [6.45, 7) is 2.36. The predicted molar refractivity (Wildman–Crippen MR) is 82.0 cm³/mol. The quantitative estimate of drug-likeness (QED) is 0.512. The van der Waals surface area contributed by atoms with Crippen molar-refractivity contribution >= 4 is 15.9 Å². The zero-order chi connectivity index (χ0) is 15.9. The SMILES string of the molecule is Cc1cc(C#CCN)cc(C(=O)NCCCS(N)(=O)=O)c1. The lowest BCUT2D eigenvalue weighted by Gasteiger charge is -2.06. The Bertz CT molecular complexity index is 672. The van der Waals surface area contributed by atoms with Gasteiger partial charge in [-0.1, -0.05) is 11.8 Å². The molecule has 21 heavy (non-hydrogen) atoms. The van der Waals surface area contributed by atoms with Gasteiger partial charge in [-0.05, 0) is 37.1 Å². The molecule has 1 aromatic carbocycles. The summed E-state index contributed by atoms with van der Waals surface area (Å²) in [6.07, 6.45) is 0.274. The molecule has 1 rings (SSSR count). The number of carbonyl (C=O) groups excluding carboxylic acids is 1. The van der Waals surface area contributed by atoms with E-state index < -0.39 is 10.0 Å². The molecule has 0 saturated heterocycles. The van der Waals surface area contributed by atoms with Gasteiger partial charge in [0.15, 0.2) is 0 Å². The average molecular weight is 309 g/mol. The van der Waals surface area contributed by atoms with Crippen molar-refractivity contribution in [1.82, 2.24) is 5.32 Å². The largest absolute Gasteiger partial charge is 0.352 e. The van der Waals surface area contributed by atoms with Gasteiger partial charge in [0.1, 0.15) is 0 Å². The summed E-state index contributed by atoms with van der Waals surface area (Å²) in [5.41, 5.74) is 7.42. The minimum Gasteiger partial charge on any atom is -0.352 e. The Hall–Kier alpha value is -1.88. The average Bonchev–Trinajstić information content (AvgIpc) is 2.39. The third-order valence-corrected chi connectivity index (χ3v) is 3.42. The summed E-state index contributed by atoms with van der Waals surface area (Å²) < 4.78 is 21.6. The number of sulfonamides is 1. The highest BCUT2D eigenvalue weighted by atomic mass is 32.2. The number of primary sulfonamides is 1. The molecule has 114 valence electrons. The van der Waals surface area contributed by atoms with E-state index in [4.69, 9.17) is 10.9 Å². The first-order valence-electron chi connectivity index (χ1n) is 6.41. The normalized spacial score (nSPS) is 10.6. The van der Waals surface area contributed by atoms with E-state index >= 15 is 0 Å². The van der Waals surface area contributed by atoms with E-state index in [1.165, 1.54) is 0 Å². The third-order valence-electron chi connectivity index (χ3n) is 2.57. The van der Waals surface area contributed by atoms with E-state index in [0.29, 0.717) is 5.56 Å². The molecule has 0 radical (unpaired) electrons. The van der Waals surface area contributed by atoms with Crippen molar-refractivity contribution in [1.29, 1.82) is 0 Å². The number of aryl methyl sites for hydroxylation is 1. The van der Waals surface area contributed by atoms with Crippen LogP contribution in [-0.2, 0) is 10.0 Å². The van der Waals surface area contributed by atoms with E-state index in [0.717, 1.165) is 11.1 Å². The summed E-state index contributed by atoms with van der Waals surface area (Å²) in [6, 6.07) is 5.27. The van der Waals surface area contributed by atoms with Crippen molar-refractivity contribution < 1.29 is 13.2 Å². The number of benzene rings is 1. The number of nitrogens with two attached hydrogens (primary N) is 2. The predicted octanol–water partition coefficient (Wildman–Crippen LogP) is -0.286. The van der Waals surface area contributed by atoms with E-state index in [2.05, 4.69) is 17.2 Å². The Kier molecular flexibility index (Phi) is 6.37. The molecule has 0 aliphatic rings. The topological polar surface area (TPSA) is 115 Å². The smallest absolute Gasteiger partial charge is 0.251 e. The Labute approximate surface area is 125 Å². The van der Waals surface area contributed by atoms with Gasteiger partial charge in [0.05, 0.1) is 12.3 Å². The van der Waals surface area contributed by atoms with Crippen LogP contribution in [0.3, 0.4) is 0 Å². The number of carbonyl (C=O) groups is 1. The maximum Gasteiger partial charge on any atom is 0.251 e. The molecule has 0 unspecified atom stereocenters. The first-order chi connectivity index (χ1) is 9.81. The fourth-order valence-corrected chi connectivity index (χ4v) is 2.26. The molecule has 1 aromatic rings. The molecule has 0 fully saturated rings. The third kappa shape index (κ3) is 6.90. The molecule has 0 aliphatic heterocycles. The van der Waals surface area contributed by atoms with Crippen molar-refractivity contribution in [2.24, 2.45) is 10.9 Å². The first-order valence-corrected chi connectivity index (χ1v) is 8.12. The van der Waals surface area contributed by atoms with Gasteiger partial charge in [0, 0.05) is 17.7 Å². The van der Waals surface area contributed by atoms with Gasteiger partial charge < -0.3 is 11.1 Å². The van der Waals surface area contributed by atoms with Gasteiger partial charge in [-0.15, -0.1) is 0 Å². The van der Waals surface area contributed by atoms with Crippen LogP contribution in [0.1, 0.15) is 27.9 Å². The van der Waals surface area contributed by atoms with Crippen molar-refractivity contribution in [3.8, 4) is 11.8 Å². The maximum absolute atomic E-state index is 12.0. The van der Waals surface area contributed by atoms with E-state index in [-0.39, 0.29) is 31.2 Å². The lowest BCUT2D eigenvalue weighted by atomic mass is 10.1.